The third-order valence-corrected chi connectivity index (χ3v) is 5.42. The van der Waals surface area contributed by atoms with Gasteiger partial charge in [-0.3, -0.25) is 10.1 Å². The Labute approximate surface area is 143 Å². The number of imide groups is 1. The third-order valence-electron chi connectivity index (χ3n) is 3.85. The average Bonchev–Trinajstić information content (AvgIpc) is 2.49. The number of urea groups is 1. The van der Waals surface area contributed by atoms with Gasteiger partial charge in [0.15, 0.2) is 0 Å². The zero-order valence-electron chi connectivity index (χ0n) is 13.7. The number of nitrogens with zero attached hydrogens (tertiary/aromatic N) is 1. The lowest BCUT2D eigenvalue weighted by Gasteiger charge is -2.24. The lowest BCUT2D eigenvalue weighted by atomic mass is 9.96. The summed E-state index contributed by atoms with van der Waals surface area (Å²) >= 11 is 6.64. The summed E-state index contributed by atoms with van der Waals surface area (Å²) in [6, 6.07) is -0.195. The highest BCUT2D eigenvalue weighted by molar-refractivity contribution is 8.23. The zero-order valence-corrected chi connectivity index (χ0v) is 15.3. The zero-order chi connectivity index (χ0) is 16.5. The number of nitrogens with one attached hydrogen (secondary N) is 2. The van der Waals surface area contributed by atoms with Crippen molar-refractivity contribution in [3.05, 3.63) is 0 Å². The normalized spacial score (nSPS) is 16.7. The Morgan fingerprint density at radius 2 is 1.82 bits per heavy atom. The fraction of sp³-hybridized carbons (Fsp3) is 0.800. The van der Waals surface area contributed by atoms with E-state index in [9.17, 15) is 9.59 Å². The van der Waals surface area contributed by atoms with E-state index in [1.54, 1.807) is 6.92 Å². The van der Waals surface area contributed by atoms with Crippen LogP contribution in [0.4, 0.5) is 4.79 Å². The third kappa shape index (κ3) is 6.52. The molecule has 126 valence electrons. The fourth-order valence-electron chi connectivity index (χ4n) is 2.44. The van der Waals surface area contributed by atoms with Gasteiger partial charge in [-0.25, -0.2) is 4.79 Å². The molecule has 1 aliphatic carbocycles. The topological polar surface area (TPSA) is 61.4 Å². The summed E-state index contributed by atoms with van der Waals surface area (Å²) in [6.07, 6.45) is 5.51. The van der Waals surface area contributed by atoms with Crippen LogP contribution in [-0.4, -0.2) is 45.5 Å². The first-order valence-electron chi connectivity index (χ1n) is 8.04. The van der Waals surface area contributed by atoms with Gasteiger partial charge in [-0.15, -0.1) is 0 Å². The molecule has 22 heavy (non-hydrogen) atoms. The average molecular weight is 346 g/mol. The lowest BCUT2D eigenvalue weighted by molar-refractivity contribution is -0.119. The van der Waals surface area contributed by atoms with Crippen molar-refractivity contribution in [2.45, 2.75) is 64.2 Å². The van der Waals surface area contributed by atoms with Crippen LogP contribution in [0.15, 0.2) is 0 Å². The van der Waals surface area contributed by atoms with Gasteiger partial charge in [0.1, 0.15) is 4.32 Å². The van der Waals surface area contributed by atoms with Gasteiger partial charge in [-0.05, 0) is 33.6 Å². The lowest BCUT2D eigenvalue weighted by Crippen LogP contribution is -2.47. The SMILES string of the molecule is CCN(CC)C(=S)S[C@@H](C)C(=O)NC(=O)NC1CCCCC1. The van der Waals surface area contributed by atoms with E-state index in [0.717, 1.165) is 38.8 Å². The minimum Gasteiger partial charge on any atom is -0.358 e. The van der Waals surface area contributed by atoms with Gasteiger partial charge < -0.3 is 10.2 Å². The molecule has 1 saturated carbocycles. The maximum Gasteiger partial charge on any atom is 0.321 e. The first kappa shape index (κ1) is 19.2. The Morgan fingerprint density at radius 1 is 1.23 bits per heavy atom. The molecule has 1 rings (SSSR count). The van der Waals surface area contributed by atoms with Crippen LogP contribution < -0.4 is 10.6 Å². The van der Waals surface area contributed by atoms with E-state index in [2.05, 4.69) is 10.6 Å². The van der Waals surface area contributed by atoms with Crippen molar-refractivity contribution < 1.29 is 9.59 Å². The van der Waals surface area contributed by atoms with Crippen LogP contribution in [0.3, 0.4) is 0 Å². The molecular weight excluding hydrogens is 318 g/mol. The first-order chi connectivity index (χ1) is 10.5. The van der Waals surface area contributed by atoms with Crippen LogP contribution >= 0.6 is 24.0 Å². The van der Waals surface area contributed by atoms with Crippen molar-refractivity contribution in [3.63, 3.8) is 0 Å². The van der Waals surface area contributed by atoms with Gasteiger partial charge in [-0.1, -0.05) is 43.2 Å². The molecule has 0 heterocycles. The minimum atomic E-state index is -0.391. The van der Waals surface area contributed by atoms with E-state index in [1.807, 2.05) is 18.7 Å². The minimum absolute atomic E-state index is 0.196. The molecule has 0 radical (unpaired) electrons. The molecule has 3 amide bonds. The highest BCUT2D eigenvalue weighted by Crippen LogP contribution is 2.18. The molecule has 0 saturated heterocycles. The van der Waals surface area contributed by atoms with E-state index >= 15 is 0 Å². The molecule has 2 N–H and O–H groups in total. The highest BCUT2D eigenvalue weighted by Gasteiger charge is 2.22. The summed E-state index contributed by atoms with van der Waals surface area (Å²) in [4.78, 5) is 25.9. The summed E-state index contributed by atoms with van der Waals surface area (Å²) in [5.74, 6) is -0.298. The molecule has 0 aliphatic heterocycles. The Hall–Kier alpha value is -0.820. The maximum atomic E-state index is 12.1. The largest absolute Gasteiger partial charge is 0.358 e. The molecule has 1 aliphatic rings. The van der Waals surface area contributed by atoms with E-state index in [4.69, 9.17) is 12.2 Å². The maximum absolute atomic E-state index is 12.1. The molecule has 7 heteroatoms. The Kier molecular flexibility index (Phi) is 8.78. The van der Waals surface area contributed by atoms with Crippen LogP contribution in [0.1, 0.15) is 52.9 Å². The smallest absolute Gasteiger partial charge is 0.321 e. The van der Waals surface area contributed by atoms with Crippen LogP contribution in [-0.2, 0) is 4.79 Å². The van der Waals surface area contributed by atoms with Gasteiger partial charge >= 0.3 is 6.03 Å². The fourth-order valence-corrected chi connectivity index (χ4v) is 4.01. The Morgan fingerprint density at radius 3 is 2.36 bits per heavy atom. The number of hydrogen-bond donors (Lipinski definition) is 2. The predicted molar refractivity (Wildman–Crippen MR) is 96.1 cm³/mol. The number of thioether (sulfide) groups is 1. The van der Waals surface area contributed by atoms with Gasteiger partial charge in [0.25, 0.3) is 0 Å². The molecule has 0 spiro atoms. The van der Waals surface area contributed by atoms with Gasteiger partial charge in [-0.2, -0.15) is 0 Å². The summed E-state index contributed by atoms with van der Waals surface area (Å²) < 4.78 is 0.695. The van der Waals surface area contributed by atoms with Crippen LogP contribution in [0.25, 0.3) is 0 Å². The first-order valence-corrected chi connectivity index (χ1v) is 9.33. The van der Waals surface area contributed by atoms with E-state index < -0.39 is 6.03 Å². The summed E-state index contributed by atoms with van der Waals surface area (Å²) in [5.41, 5.74) is 0. The summed E-state index contributed by atoms with van der Waals surface area (Å²) in [6.45, 7) is 7.46. The van der Waals surface area contributed by atoms with Crippen molar-refractivity contribution in [2.24, 2.45) is 0 Å². The molecule has 0 aromatic heterocycles. The number of thiocarbonyl (C=S) groups is 1. The number of amides is 3. The predicted octanol–water partition coefficient (Wildman–Crippen LogP) is 2.89. The summed E-state index contributed by atoms with van der Waals surface area (Å²) in [7, 11) is 0. The van der Waals surface area contributed by atoms with Crippen LogP contribution in [0, 0.1) is 0 Å². The molecule has 0 aromatic rings. The molecule has 0 unspecified atom stereocenters. The van der Waals surface area contributed by atoms with Crippen molar-refractivity contribution >= 4 is 40.2 Å². The molecule has 0 aromatic carbocycles. The molecule has 1 atom stereocenters. The van der Waals surface area contributed by atoms with Crippen molar-refractivity contribution in [2.75, 3.05) is 13.1 Å². The highest BCUT2D eigenvalue weighted by atomic mass is 32.2. The van der Waals surface area contributed by atoms with Crippen LogP contribution in [0.2, 0.25) is 0 Å². The number of rotatable bonds is 5. The Bertz CT molecular complexity index is 394. The number of carbonyl (C=O) groups excluding carboxylic acids is 2. The standard InChI is InChI=1S/C15H27N3O2S2/c1-4-18(5-2)15(21)22-11(3)13(19)17-14(20)16-12-9-7-6-8-10-12/h11-12H,4-10H2,1-3H3,(H2,16,17,19,20)/t11-/m0/s1. The van der Waals surface area contributed by atoms with Gasteiger partial charge in [0.2, 0.25) is 5.91 Å². The van der Waals surface area contributed by atoms with Crippen molar-refractivity contribution in [1.29, 1.82) is 0 Å². The molecular formula is C15H27N3O2S2. The molecule has 1 fully saturated rings. The van der Waals surface area contributed by atoms with Crippen molar-refractivity contribution in [3.8, 4) is 0 Å². The second kappa shape index (κ2) is 10.0. The van der Waals surface area contributed by atoms with Crippen molar-refractivity contribution in [1.82, 2.24) is 15.5 Å². The Balaban J connectivity index is 2.36. The quantitative estimate of drug-likeness (QED) is 0.750. The second-order valence-electron chi connectivity index (χ2n) is 5.50. The van der Waals surface area contributed by atoms with Gasteiger partial charge in [0, 0.05) is 19.1 Å². The van der Waals surface area contributed by atoms with E-state index in [0.29, 0.717) is 4.32 Å². The number of hydrogen-bond acceptors (Lipinski definition) is 4. The number of carbonyl (C=O) groups is 2. The van der Waals surface area contributed by atoms with Gasteiger partial charge in [0.05, 0.1) is 5.25 Å². The molecule has 0 bridgehead atoms. The second-order valence-corrected chi connectivity index (χ2v) is 7.47. The van der Waals surface area contributed by atoms with E-state index in [-0.39, 0.29) is 17.2 Å². The van der Waals surface area contributed by atoms with E-state index in [1.165, 1.54) is 18.2 Å². The summed E-state index contributed by atoms with van der Waals surface area (Å²) in [5, 5.41) is 4.91. The molecule has 5 nitrogen and oxygen atoms in total. The van der Waals surface area contributed by atoms with Crippen LogP contribution in [0.5, 0.6) is 0 Å². The monoisotopic (exact) mass is 345 g/mol.